The van der Waals surface area contributed by atoms with E-state index in [0.29, 0.717) is 43.2 Å². The number of ether oxygens (including phenoxy) is 1. The van der Waals surface area contributed by atoms with E-state index in [9.17, 15) is 32.3 Å². The van der Waals surface area contributed by atoms with Crippen LogP contribution in [0.15, 0.2) is 43.4 Å². The number of alkyl halides is 4. The van der Waals surface area contributed by atoms with E-state index in [0.717, 1.165) is 54.6 Å². The van der Waals surface area contributed by atoms with Crippen LogP contribution >= 0.6 is 15.9 Å². The maximum Gasteiger partial charge on any atom is 0.416 e. The Bertz CT molecular complexity index is 1970. The molecule has 16 nitrogen and oxygen atoms in total. The minimum atomic E-state index is -4.39. The minimum Gasteiger partial charge on any atom is -0.473 e. The lowest BCUT2D eigenvalue weighted by atomic mass is 9.99. The first-order valence-electron chi connectivity index (χ1n) is 16.7. The Kier molecular flexibility index (Phi) is 15.5. The van der Waals surface area contributed by atoms with Crippen LogP contribution in [-0.4, -0.2) is 85.4 Å². The summed E-state index contributed by atoms with van der Waals surface area (Å²) >= 11 is 3.24. The number of carboxylic acid groups (broad SMARTS) is 2. The van der Waals surface area contributed by atoms with Crippen LogP contribution in [0, 0.1) is 13.8 Å². The number of fused-ring (bicyclic) bond motifs is 2. The van der Waals surface area contributed by atoms with E-state index in [1.54, 1.807) is 34.0 Å². The lowest BCUT2D eigenvalue weighted by molar-refractivity contribution is -0.159. The molecule has 2 aliphatic rings. The van der Waals surface area contributed by atoms with Gasteiger partial charge in [-0.15, -0.1) is 0 Å². The molecular weight excluding hydrogens is 775 g/mol. The molecule has 53 heavy (non-hydrogen) atoms. The highest BCUT2D eigenvalue weighted by atomic mass is 79.9. The first-order valence-corrected chi connectivity index (χ1v) is 17.8. The van der Waals surface area contributed by atoms with Gasteiger partial charge in [0.15, 0.2) is 0 Å². The Morgan fingerprint density at radius 3 is 1.75 bits per heavy atom. The number of aryl methyl sites for hydroxylation is 2. The molecule has 20 heteroatoms. The Balaban J connectivity index is 0.000000311. The van der Waals surface area contributed by atoms with E-state index in [1.807, 2.05) is 0 Å². The van der Waals surface area contributed by atoms with Crippen molar-refractivity contribution in [1.82, 2.24) is 33.1 Å². The molecule has 2 unspecified atom stereocenters. The average molecular weight is 819 g/mol. The summed E-state index contributed by atoms with van der Waals surface area (Å²) in [6.45, 7) is 4.68. The van der Waals surface area contributed by atoms with Gasteiger partial charge in [-0.3, -0.25) is 14.0 Å². The number of nitrogens with zero attached hydrogens (tertiary/aromatic N) is 7. The number of aromatic nitrogens is 6. The number of hydrogen-bond donors (Lipinski definition) is 2. The van der Waals surface area contributed by atoms with Crippen LogP contribution in [0.25, 0.3) is 0 Å². The zero-order valence-electron chi connectivity index (χ0n) is 29.7. The Labute approximate surface area is 309 Å². The van der Waals surface area contributed by atoms with Gasteiger partial charge < -0.3 is 14.9 Å². The molecule has 2 N–H and O–H groups in total. The zero-order valence-corrected chi connectivity index (χ0v) is 31.3. The molecule has 3 aromatic rings. The van der Waals surface area contributed by atoms with Crippen LogP contribution in [0.3, 0.4) is 0 Å². The lowest BCUT2D eigenvalue weighted by Gasteiger charge is -2.39. The fourth-order valence-corrected chi connectivity index (χ4v) is 6.47. The van der Waals surface area contributed by atoms with Gasteiger partial charge in [-0.1, -0.05) is 34.1 Å². The van der Waals surface area contributed by atoms with Gasteiger partial charge in [0.05, 0.1) is 18.3 Å². The second kappa shape index (κ2) is 19.1. The number of halogens is 4. The van der Waals surface area contributed by atoms with Crippen molar-refractivity contribution in [3.63, 3.8) is 0 Å². The van der Waals surface area contributed by atoms with E-state index in [-0.39, 0.29) is 29.7 Å². The molecule has 4 heterocycles. The summed E-state index contributed by atoms with van der Waals surface area (Å²) in [5, 5.41) is 15.5. The second-order valence-electron chi connectivity index (χ2n) is 12.6. The van der Waals surface area contributed by atoms with Gasteiger partial charge in [-0.05, 0) is 64.0 Å². The van der Waals surface area contributed by atoms with Crippen LogP contribution in [0.2, 0.25) is 0 Å². The van der Waals surface area contributed by atoms with Crippen molar-refractivity contribution in [2.24, 2.45) is 14.1 Å². The fraction of sp³-hybridized carbons (Fsp3) is 0.576. The minimum absolute atomic E-state index is 0.0492. The maximum atomic E-state index is 13.2. The number of rotatable bonds is 10. The summed E-state index contributed by atoms with van der Waals surface area (Å²) in [5.41, 5.74) is -2.13. The smallest absolute Gasteiger partial charge is 0.416 e. The van der Waals surface area contributed by atoms with Crippen molar-refractivity contribution < 1.29 is 37.7 Å². The molecule has 2 fully saturated rings. The molecule has 0 amide bonds. The standard InChI is InChI=1S/C23H29F3N4O3.C8H12BrN3O2.C2H2O4/c1-15-27-21(31)30(22(32)28(15)2)11-5-10-29-17-8-9-18(29)13-19(12-17)33-14-16-6-3-4-7-20(16)23(24,25)26;1-6-10-7(13)12(5-3-4-9)8(14)11(6)2;3-1(4)2(5)6/h3-4,6-7,17-19H,5,8-14H2,1-2H3;3-5H2,1-2H3;(H,3,4)(H,5,6). The third-order valence-corrected chi connectivity index (χ3v) is 9.68. The van der Waals surface area contributed by atoms with Gasteiger partial charge in [0.25, 0.3) is 0 Å². The molecule has 2 atom stereocenters. The van der Waals surface area contributed by atoms with Gasteiger partial charge in [-0.2, -0.15) is 23.1 Å². The molecule has 0 aliphatic carbocycles. The summed E-state index contributed by atoms with van der Waals surface area (Å²) in [7, 11) is 3.20. The van der Waals surface area contributed by atoms with Crippen LogP contribution in [-0.2, 0) is 54.3 Å². The number of piperidine rings is 1. The molecule has 0 saturated carbocycles. The molecule has 2 aliphatic heterocycles. The SMILES string of the molecule is Cc1nc(=O)n(CCCBr)c(=O)n1C.Cc1nc(=O)n(CCCN2C3CCC2CC(OCc2ccccc2C(F)(F)F)C3)c(=O)n1C.O=C(O)C(=O)O. The van der Waals surface area contributed by atoms with Crippen molar-refractivity contribution in [2.75, 3.05) is 11.9 Å². The van der Waals surface area contributed by atoms with Crippen LogP contribution in [0.5, 0.6) is 0 Å². The van der Waals surface area contributed by atoms with Gasteiger partial charge in [0, 0.05) is 51.1 Å². The predicted octanol–water partition coefficient (Wildman–Crippen LogP) is 2.06. The Morgan fingerprint density at radius 2 is 1.30 bits per heavy atom. The summed E-state index contributed by atoms with van der Waals surface area (Å²) in [4.78, 5) is 75.6. The number of carbonyl (C=O) groups is 2. The predicted molar refractivity (Wildman–Crippen MR) is 188 cm³/mol. The van der Waals surface area contributed by atoms with Crippen molar-refractivity contribution in [1.29, 1.82) is 0 Å². The number of aliphatic carboxylic acids is 2. The molecule has 2 bridgehead atoms. The van der Waals surface area contributed by atoms with Crippen molar-refractivity contribution in [3.05, 3.63) is 89.0 Å². The maximum absolute atomic E-state index is 13.2. The monoisotopic (exact) mass is 817 g/mol. The van der Waals surface area contributed by atoms with Crippen molar-refractivity contribution in [2.45, 2.75) is 96.4 Å². The fourth-order valence-electron chi connectivity index (χ4n) is 6.22. The Morgan fingerprint density at radius 1 is 0.830 bits per heavy atom. The summed E-state index contributed by atoms with van der Waals surface area (Å²) in [6, 6.07) is 6.17. The molecule has 5 rings (SSSR count). The zero-order chi connectivity index (χ0) is 39.6. The number of carboxylic acids is 2. The molecule has 1 aromatic carbocycles. The average Bonchev–Trinajstić information content (AvgIpc) is 3.33. The summed E-state index contributed by atoms with van der Waals surface area (Å²) in [6.07, 6.45) is 0.526. The highest BCUT2D eigenvalue weighted by Gasteiger charge is 2.41. The molecule has 0 spiro atoms. The Hall–Kier alpha value is -4.43. The highest BCUT2D eigenvalue weighted by molar-refractivity contribution is 9.09. The first kappa shape index (κ1) is 43.0. The molecule has 2 saturated heterocycles. The van der Waals surface area contributed by atoms with Gasteiger partial charge in [0.1, 0.15) is 11.6 Å². The normalized spacial score (nSPS) is 18.1. The summed E-state index contributed by atoms with van der Waals surface area (Å²) < 4.78 is 50.7. The topological polar surface area (TPSA) is 201 Å². The van der Waals surface area contributed by atoms with Gasteiger partial charge in [-0.25, -0.2) is 37.9 Å². The molecule has 0 radical (unpaired) electrons. The van der Waals surface area contributed by atoms with E-state index >= 15 is 0 Å². The van der Waals surface area contributed by atoms with E-state index in [1.165, 1.54) is 25.8 Å². The van der Waals surface area contributed by atoms with E-state index in [2.05, 4.69) is 30.8 Å². The van der Waals surface area contributed by atoms with Crippen molar-refractivity contribution in [3.8, 4) is 0 Å². The second-order valence-corrected chi connectivity index (χ2v) is 13.4. The summed E-state index contributed by atoms with van der Waals surface area (Å²) in [5.74, 6) is -2.82. The van der Waals surface area contributed by atoms with E-state index in [4.69, 9.17) is 24.5 Å². The molecule has 2 aromatic heterocycles. The van der Waals surface area contributed by atoms with Crippen LogP contribution in [0.1, 0.15) is 61.3 Å². The highest BCUT2D eigenvalue weighted by Crippen LogP contribution is 2.38. The van der Waals surface area contributed by atoms with Gasteiger partial charge >= 0.3 is 40.9 Å². The third-order valence-electron chi connectivity index (χ3n) is 9.12. The van der Waals surface area contributed by atoms with Gasteiger partial charge in [0.2, 0.25) is 0 Å². The molecule has 292 valence electrons. The molecular formula is C33H43BrF3N7O9. The van der Waals surface area contributed by atoms with Crippen LogP contribution < -0.4 is 22.8 Å². The largest absolute Gasteiger partial charge is 0.473 e. The lowest BCUT2D eigenvalue weighted by Crippen LogP contribution is -2.47. The number of hydrogen-bond acceptors (Lipinski definition) is 10. The van der Waals surface area contributed by atoms with E-state index < -0.39 is 35.1 Å². The van der Waals surface area contributed by atoms with Crippen LogP contribution in [0.4, 0.5) is 13.2 Å². The third kappa shape index (κ3) is 11.5. The number of benzene rings is 1. The first-order chi connectivity index (χ1) is 24.9. The quantitative estimate of drug-likeness (QED) is 0.223. The van der Waals surface area contributed by atoms with Crippen molar-refractivity contribution >= 4 is 27.9 Å².